The minimum atomic E-state index is -3.94. The third-order valence-corrected chi connectivity index (χ3v) is 4.98. The summed E-state index contributed by atoms with van der Waals surface area (Å²) in [5, 5.41) is -0.202. The van der Waals surface area contributed by atoms with Crippen LogP contribution in [0.15, 0.2) is 47.4 Å². The highest BCUT2D eigenvalue weighted by atomic mass is 35.5. The van der Waals surface area contributed by atoms with Gasteiger partial charge >= 0.3 is 0 Å². The van der Waals surface area contributed by atoms with Crippen molar-refractivity contribution in [2.24, 2.45) is 0 Å². The molecule has 0 atom stereocenters. The van der Waals surface area contributed by atoms with Crippen LogP contribution < -0.4 is 4.72 Å². The lowest BCUT2D eigenvalue weighted by Crippen LogP contribution is -2.13. The van der Waals surface area contributed by atoms with Crippen LogP contribution in [0.2, 0.25) is 5.02 Å². The van der Waals surface area contributed by atoms with Gasteiger partial charge in [-0.25, -0.2) is 12.8 Å². The number of Topliss-reactive ketones (excluding diaryl/α,β-unsaturated/α-hetero) is 1. The van der Waals surface area contributed by atoms with Gasteiger partial charge in [0, 0.05) is 17.7 Å². The van der Waals surface area contributed by atoms with E-state index in [2.05, 4.69) is 4.72 Å². The van der Waals surface area contributed by atoms with E-state index in [-0.39, 0.29) is 15.7 Å². The van der Waals surface area contributed by atoms with Crippen LogP contribution in [0.25, 0.3) is 0 Å². The van der Waals surface area contributed by atoms with Gasteiger partial charge in [0.2, 0.25) is 0 Å². The monoisotopic (exact) mass is 355 g/mol. The Morgan fingerprint density at radius 3 is 2.39 bits per heavy atom. The second-order valence-corrected chi connectivity index (χ2v) is 6.99. The topological polar surface area (TPSA) is 63.2 Å². The maximum Gasteiger partial charge on any atom is 0.263 e. The Morgan fingerprint density at radius 2 is 1.83 bits per heavy atom. The van der Waals surface area contributed by atoms with Crippen molar-refractivity contribution in [2.75, 3.05) is 4.72 Å². The molecule has 23 heavy (non-hydrogen) atoms. The molecule has 1 N–H and O–H groups in total. The second kappa shape index (κ2) is 7.10. The number of ketones is 1. The molecule has 0 spiro atoms. The van der Waals surface area contributed by atoms with Gasteiger partial charge in [-0.2, -0.15) is 0 Å². The molecule has 0 radical (unpaired) electrons. The minimum Gasteiger partial charge on any atom is -0.294 e. The zero-order chi connectivity index (χ0) is 17.0. The number of nitrogens with one attached hydrogen (secondary N) is 1. The molecule has 0 aliphatic rings. The number of benzene rings is 2. The quantitative estimate of drug-likeness (QED) is 0.787. The third kappa shape index (κ3) is 4.30. The van der Waals surface area contributed by atoms with Gasteiger partial charge < -0.3 is 0 Å². The van der Waals surface area contributed by atoms with Crippen LogP contribution in [0.1, 0.15) is 30.1 Å². The first kappa shape index (κ1) is 17.4. The summed E-state index contributed by atoms with van der Waals surface area (Å²) >= 11 is 5.78. The molecule has 122 valence electrons. The number of rotatable bonds is 6. The maximum atomic E-state index is 13.0. The molecule has 2 aromatic carbocycles. The van der Waals surface area contributed by atoms with Crippen molar-refractivity contribution in [3.05, 3.63) is 58.9 Å². The van der Waals surface area contributed by atoms with Crippen LogP contribution in [0.5, 0.6) is 0 Å². The molecule has 0 saturated heterocycles. The van der Waals surface area contributed by atoms with Crippen LogP contribution in [0, 0.1) is 5.82 Å². The molecule has 0 aromatic heterocycles. The predicted octanol–water partition coefficient (Wildman–Crippen LogP) is 4.26. The minimum absolute atomic E-state index is 0.00323. The Labute approximate surface area is 139 Å². The Balaban J connectivity index is 2.22. The average Bonchev–Trinajstić information content (AvgIpc) is 2.47. The molecule has 4 nitrogen and oxygen atoms in total. The first-order valence-corrected chi connectivity index (χ1v) is 8.80. The van der Waals surface area contributed by atoms with Crippen molar-refractivity contribution >= 4 is 33.1 Å². The van der Waals surface area contributed by atoms with Gasteiger partial charge in [-0.1, -0.05) is 18.5 Å². The van der Waals surface area contributed by atoms with Gasteiger partial charge in [0.15, 0.2) is 5.78 Å². The van der Waals surface area contributed by atoms with E-state index >= 15 is 0 Å². The van der Waals surface area contributed by atoms with Crippen LogP contribution >= 0.6 is 11.6 Å². The molecule has 0 saturated carbocycles. The highest BCUT2D eigenvalue weighted by Crippen LogP contribution is 2.24. The van der Waals surface area contributed by atoms with Crippen molar-refractivity contribution in [3.63, 3.8) is 0 Å². The molecule has 0 bridgehead atoms. The summed E-state index contributed by atoms with van der Waals surface area (Å²) in [6, 6.07) is 9.16. The first-order chi connectivity index (χ1) is 10.8. The fourth-order valence-corrected chi connectivity index (χ4v) is 3.59. The summed E-state index contributed by atoms with van der Waals surface area (Å²) < 4.78 is 39.9. The molecule has 2 rings (SSSR count). The first-order valence-electron chi connectivity index (χ1n) is 6.94. The van der Waals surface area contributed by atoms with Crippen LogP contribution in [-0.4, -0.2) is 14.2 Å². The summed E-state index contributed by atoms with van der Waals surface area (Å²) in [6.45, 7) is 1.91. The van der Waals surface area contributed by atoms with Crippen molar-refractivity contribution in [2.45, 2.75) is 24.7 Å². The Morgan fingerprint density at radius 1 is 1.17 bits per heavy atom. The zero-order valence-electron chi connectivity index (χ0n) is 12.3. The number of halogens is 2. The fourth-order valence-electron chi connectivity index (χ4n) is 2.00. The van der Waals surface area contributed by atoms with Crippen molar-refractivity contribution < 1.29 is 17.6 Å². The van der Waals surface area contributed by atoms with Crippen LogP contribution in [0.3, 0.4) is 0 Å². The summed E-state index contributed by atoms with van der Waals surface area (Å²) in [5.41, 5.74) is 0.813. The normalized spacial score (nSPS) is 11.3. The molecule has 0 aliphatic heterocycles. The predicted molar refractivity (Wildman–Crippen MR) is 87.9 cm³/mol. The second-order valence-electron chi connectivity index (χ2n) is 4.93. The molecule has 0 fully saturated rings. The largest absolute Gasteiger partial charge is 0.294 e. The van der Waals surface area contributed by atoms with Gasteiger partial charge in [-0.15, -0.1) is 0 Å². The lowest BCUT2D eigenvalue weighted by atomic mass is 10.1. The van der Waals surface area contributed by atoms with E-state index in [0.717, 1.165) is 24.6 Å². The highest BCUT2D eigenvalue weighted by Gasteiger charge is 2.18. The summed E-state index contributed by atoms with van der Waals surface area (Å²) in [4.78, 5) is 11.5. The molecule has 0 aliphatic carbocycles. The van der Waals surface area contributed by atoms with Gasteiger partial charge in [-0.3, -0.25) is 9.52 Å². The summed E-state index contributed by atoms with van der Waals surface area (Å²) in [6.07, 6.45) is 1.19. The summed E-state index contributed by atoms with van der Waals surface area (Å²) in [7, 11) is -3.94. The van der Waals surface area contributed by atoms with Crippen molar-refractivity contribution in [3.8, 4) is 0 Å². The fraction of sp³-hybridized carbons (Fsp3) is 0.188. The number of anilines is 1. The van der Waals surface area contributed by atoms with Gasteiger partial charge in [0.25, 0.3) is 10.0 Å². The molecule has 0 heterocycles. The number of hydrogen-bond donors (Lipinski definition) is 1. The van der Waals surface area contributed by atoms with Gasteiger partial charge in [0.1, 0.15) is 10.7 Å². The van der Waals surface area contributed by atoms with Gasteiger partial charge in [-0.05, 0) is 48.9 Å². The molecule has 0 unspecified atom stereocenters. The molecular weight excluding hydrogens is 341 g/mol. The van der Waals surface area contributed by atoms with E-state index in [4.69, 9.17) is 11.6 Å². The standard InChI is InChI=1S/C16H15ClFNO3S/c1-2-3-15(20)11-4-7-13(8-5-11)19-23(21,22)16-9-6-12(18)10-14(16)17/h4-10,19H,2-3H2,1H3. The lowest BCUT2D eigenvalue weighted by molar-refractivity contribution is 0.0982. The molecule has 0 amide bonds. The molecular formula is C16H15ClFNO3S. The Bertz CT molecular complexity index is 820. The smallest absolute Gasteiger partial charge is 0.263 e. The Hall–Kier alpha value is -1.92. The van der Waals surface area contributed by atoms with Crippen LogP contribution in [-0.2, 0) is 10.0 Å². The number of carbonyl (C=O) groups is 1. The van der Waals surface area contributed by atoms with Crippen molar-refractivity contribution in [1.82, 2.24) is 0 Å². The maximum absolute atomic E-state index is 13.0. The number of hydrogen-bond acceptors (Lipinski definition) is 3. The van der Waals surface area contributed by atoms with Gasteiger partial charge in [0.05, 0.1) is 5.02 Å². The van der Waals surface area contributed by atoms with Crippen LogP contribution in [0.4, 0.5) is 10.1 Å². The SMILES string of the molecule is CCCC(=O)c1ccc(NS(=O)(=O)c2ccc(F)cc2Cl)cc1. The summed E-state index contributed by atoms with van der Waals surface area (Å²) in [5.74, 6) is -0.615. The molecule has 2 aromatic rings. The molecule has 7 heteroatoms. The third-order valence-electron chi connectivity index (χ3n) is 3.12. The lowest BCUT2D eigenvalue weighted by Gasteiger charge is -2.10. The average molecular weight is 356 g/mol. The van der Waals surface area contributed by atoms with Crippen molar-refractivity contribution in [1.29, 1.82) is 0 Å². The highest BCUT2D eigenvalue weighted by molar-refractivity contribution is 7.92. The van der Waals surface area contributed by atoms with E-state index < -0.39 is 15.8 Å². The zero-order valence-corrected chi connectivity index (χ0v) is 13.9. The van der Waals surface area contributed by atoms with E-state index in [0.29, 0.717) is 17.7 Å². The van der Waals surface area contributed by atoms with E-state index in [1.807, 2.05) is 6.92 Å². The number of sulfonamides is 1. The number of carbonyl (C=O) groups excluding carboxylic acids is 1. The van der Waals surface area contributed by atoms with E-state index in [1.54, 1.807) is 12.1 Å². The Kier molecular flexibility index (Phi) is 5.38. The van der Waals surface area contributed by atoms with E-state index in [1.165, 1.54) is 12.1 Å². The van der Waals surface area contributed by atoms with E-state index in [9.17, 15) is 17.6 Å².